The van der Waals surface area contributed by atoms with Gasteiger partial charge in [0.25, 0.3) is 0 Å². The van der Waals surface area contributed by atoms with Crippen LogP contribution >= 0.6 is 0 Å². The average Bonchev–Trinajstić information content (AvgIpc) is 2.53. The van der Waals surface area contributed by atoms with E-state index in [2.05, 4.69) is 25.6 Å². The van der Waals surface area contributed by atoms with Crippen molar-refractivity contribution in [1.29, 1.82) is 0 Å². The molecule has 0 aliphatic carbocycles. The van der Waals surface area contributed by atoms with Gasteiger partial charge in [-0.2, -0.15) is 0 Å². The third-order valence-electron chi connectivity index (χ3n) is 3.75. The van der Waals surface area contributed by atoms with Gasteiger partial charge in [0.1, 0.15) is 18.0 Å². The van der Waals surface area contributed by atoms with Crippen LogP contribution in [-0.2, 0) is 11.2 Å². The van der Waals surface area contributed by atoms with E-state index in [9.17, 15) is 4.79 Å². The fraction of sp³-hybridized carbons (Fsp3) is 0.615. The van der Waals surface area contributed by atoms with Crippen molar-refractivity contribution in [3.63, 3.8) is 0 Å². The minimum absolute atomic E-state index is 0.0164. The standard InChI is InChI=1S/C13H22N6O/c1-3-10-11(18-14)16-8-17-12(10)19-6-4-5-9(7-19)13(20)15-2/h8-9H,3-7,14H2,1-2H3,(H,15,20)(H,16,17,18). The van der Waals surface area contributed by atoms with Gasteiger partial charge in [-0.3, -0.25) is 4.79 Å². The highest BCUT2D eigenvalue weighted by Gasteiger charge is 2.27. The first-order chi connectivity index (χ1) is 9.71. The van der Waals surface area contributed by atoms with Gasteiger partial charge < -0.3 is 15.6 Å². The van der Waals surface area contributed by atoms with Gasteiger partial charge in [0.05, 0.1) is 5.92 Å². The van der Waals surface area contributed by atoms with Crippen molar-refractivity contribution in [2.24, 2.45) is 11.8 Å². The van der Waals surface area contributed by atoms with Gasteiger partial charge in [0.15, 0.2) is 0 Å². The molecule has 2 rings (SSSR count). The predicted molar refractivity (Wildman–Crippen MR) is 78.2 cm³/mol. The Hall–Kier alpha value is -1.89. The van der Waals surface area contributed by atoms with Gasteiger partial charge in [0, 0.05) is 25.7 Å². The Kier molecular flexibility index (Phi) is 4.73. The van der Waals surface area contributed by atoms with Crippen LogP contribution in [0.25, 0.3) is 0 Å². The molecule has 0 radical (unpaired) electrons. The smallest absolute Gasteiger partial charge is 0.224 e. The highest BCUT2D eigenvalue weighted by atomic mass is 16.1. The number of rotatable bonds is 4. The highest BCUT2D eigenvalue weighted by Crippen LogP contribution is 2.27. The Balaban J connectivity index is 2.24. The van der Waals surface area contributed by atoms with Crippen molar-refractivity contribution in [2.75, 3.05) is 30.5 Å². The second kappa shape index (κ2) is 6.51. The zero-order chi connectivity index (χ0) is 14.5. The Bertz CT molecular complexity index is 478. The topological polar surface area (TPSA) is 96.2 Å². The summed E-state index contributed by atoms with van der Waals surface area (Å²) in [6, 6.07) is 0. The van der Waals surface area contributed by atoms with E-state index in [1.54, 1.807) is 7.05 Å². The van der Waals surface area contributed by atoms with Gasteiger partial charge >= 0.3 is 0 Å². The van der Waals surface area contributed by atoms with Crippen molar-refractivity contribution in [2.45, 2.75) is 26.2 Å². The summed E-state index contributed by atoms with van der Waals surface area (Å²) in [5.74, 6) is 7.14. The van der Waals surface area contributed by atoms with Crippen LogP contribution in [0.1, 0.15) is 25.3 Å². The molecule has 1 fully saturated rings. The van der Waals surface area contributed by atoms with Crippen LogP contribution in [0.5, 0.6) is 0 Å². The highest BCUT2D eigenvalue weighted by molar-refractivity contribution is 5.79. The summed E-state index contributed by atoms with van der Waals surface area (Å²) < 4.78 is 0. The monoisotopic (exact) mass is 278 g/mol. The van der Waals surface area contributed by atoms with Crippen LogP contribution < -0.4 is 21.5 Å². The molecule has 1 atom stereocenters. The molecule has 7 heteroatoms. The van der Waals surface area contributed by atoms with Crippen LogP contribution in [0.2, 0.25) is 0 Å². The lowest BCUT2D eigenvalue weighted by atomic mass is 9.96. The molecule has 2 heterocycles. The summed E-state index contributed by atoms with van der Waals surface area (Å²) in [4.78, 5) is 22.5. The largest absolute Gasteiger partial charge is 0.359 e. The second-order valence-electron chi connectivity index (χ2n) is 4.92. The van der Waals surface area contributed by atoms with E-state index in [4.69, 9.17) is 5.84 Å². The molecule has 1 aliphatic heterocycles. The Labute approximate surface area is 118 Å². The van der Waals surface area contributed by atoms with Gasteiger partial charge in [0.2, 0.25) is 5.91 Å². The molecule has 1 aliphatic rings. The number of piperidine rings is 1. The fourth-order valence-electron chi connectivity index (χ4n) is 2.71. The normalized spacial score (nSPS) is 18.8. The molecule has 0 spiro atoms. The number of nitrogen functional groups attached to an aromatic ring is 1. The van der Waals surface area contributed by atoms with Crippen molar-refractivity contribution in [3.8, 4) is 0 Å². The van der Waals surface area contributed by atoms with Gasteiger partial charge in [-0.25, -0.2) is 15.8 Å². The lowest BCUT2D eigenvalue weighted by Gasteiger charge is -2.33. The third-order valence-corrected chi connectivity index (χ3v) is 3.75. The molecule has 0 saturated carbocycles. The van der Waals surface area contributed by atoms with Crippen LogP contribution in [0.15, 0.2) is 6.33 Å². The Morgan fingerprint density at radius 1 is 1.55 bits per heavy atom. The number of nitrogens with two attached hydrogens (primary N) is 1. The number of amides is 1. The lowest BCUT2D eigenvalue weighted by Crippen LogP contribution is -2.43. The van der Waals surface area contributed by atoms with Crippen LogP contribution in [0.3, 0.4) is 0 Å². The predicted octanol–water partition coefficient (Wildman–Crippen LogP) is 0.287. The number of hydrogen-bond acceptors (Lipinski definition) is 6. The number of hydrogen-bond donors (Lipinski definition) is 3. The van der Waals surface area contributed by atoms with E-state index in [1.165, 1.54) is 6.33 Å². The summed E-state index contributed by atoms with van der Waals surface area (Å²) >= 11 is 0. The van der Waals surface area contributed by atoms with Crippen molar-refractivity contribution >= 4 is 17.5 Å². The minimum atomic E-state index is 0.0164. The molecule has 110 valence electrons. The first-order valence-corrected chi connectivity index (χ1v) is 6.98. The van der Waals surface area contributed by atoms with E-state index < -0.39 is 0 Å². The van der Waals surface area contributed by atoms with Crippen LogP contribution in [-0.4, -0.2) is 36.0 Å². The van der Waals surface area contributed by atoms with E-state index in [0.717, 1.165) is 37.2 Å². The zero-order valence-corrected chi connectivity index (χ0v) is 12.0. The van der Waals surface area contributed by atoms with Crippen molar-refractivity contribution in [1.82, 2.24) is 15.3 Å². The number of carbonyl (C=O) groups excluding carboxylic acids is 1. The van der Waals surface area contributed by atoms with E-state index in [1.807, 2.05) is 6.92 Å². The molecule has 1 aromatic heterocycles. The van der Waals surface area contributed by atoms with Crippen LogP contribution in [0, 0.1) is 5.92 Å². The number of anilines is 2. The molecule has 1 unspecified atom stereocenters. The molecule has 1 saturated heterocycles. The third kappa shape index (κ3) is 2.82. The average molecular weight is 278 g/mol. The summed E-state index contributed by atoms with van der Waals surface area (Å²) in [6.45, 7) is 3.64. The van der Waals surface area contributed by atoms with E-state index in [-0.39, 0.29) is 11.8 Å². The van der Waals surface area contributed by atoms with Crippen molar-refractivity contribution in [3.05, 3.63) is 11.9 Å². The SMILES string of the molecule is CCc1c(NN)ncnc1N1CCCC(C(=O)NC)C1. The molecule has 0 bridgehead atoms. The van der Waals surface area contributed by atoms with Gasteiger partial charge in [-0.1, -0.05) is 6.92 Å². The maximum Gasteiger partial charge on any atom is 0.224 e. The molecular weight excluding hydrogens is 256 g/mol. The molecular formula is C13H22N6O. The molecule has 4 N–H and O–H groups in total. The summed E-state index contributed by atoms with van der Waals surface area (Å²) in [5, 5.41) is 2.73. The maximum atomic E-state index is 11.8. The van der Waals surface area contributed by atoms with Crippen LogP contribution in [0.4, 0.5) is 11.6 Å². The van der Waals surface area contributed by atoms with Crippen molar-refractivity contribution < 1.29 is 4.79 Å². The second-order valence-corrected chi connectivity index (χ2v) is 4.92. The minimum Gasteiger partial charge on any atom is -0.359 e. The number of hydrazine groups is 1. The van der Waals surface area contributed by atoms with Gasteiger partial charge in [-0.15, -0.1) is 0 Å². The fourth-order valence-corrected chi connectivity index (χ4v) is 2.71. The van der Waals surface area contributed by atoms with E-state index in [0.29, 0.717) is 12.4 Å². The maximum absolute atomic E-state index is 11.8. The first-order valence-electron chi connectivity index (χ1n) is 6.98. The molecule has 1 aromatic rings. The number of carbonyl (C=O) groups is 1. The molecule has 0 aromatic carbocycles. The Morgan fingerprint density at radius 2 is 2.35 bits per heavy atom. The van der Waals surface area contributed by atoms with E-state index >= 15 is 0 Å². The lowest BCUT2D eigenvalue weighted by molar-refractivity contribution is -0.124. The summed E-state index contributed by atoms with van der Waals surface area (Å²) in [7, 11) is 1.68. The summed E-state index contributed by atoms with van der Waals surface area (Å²) in [5.41, 5.74) is 3.61. The molecule has 20 heavy (non-hydrogen) atoms. The number of nitrogens with one attached hydrogen (secondary N) is 2. The number of nitrogens with zero attached hydrogens (tertiary/aromatic N) is 3. The summed E-state index contributed by atoms with van der Waals surface area (Å²) in [6.07, 6.45) is 4.20. The quantitative estimate of drug-likeness (QED) is 0.541. The molecule has 7 nitrogen and oxygen atoms in total. The molecule has 1 amide bonds. The van der Waals surface area contributed by atoms with Gasteiger partial charge in [-0.05, 0) is 19.3 Å². The Morgan fingerprint density at radius 3 is 3.00 bits per heavy atom. The number of aromatic nitrogens is 2. The zero-order valence-electron chi connectivity index (χ0n) is 12.0. The first kappa shape index (κ1) is 14.5.